The second-order valence-corrected chi connectivity index (χ2v) is 7.15. The molecule has 31 heavy (non-hydrogen) atoms. The maximum absolute atomic E-state index is 12.4. The third-order valence-electron chi connectivity index (χ3n) is 5.14. The van der Waals surface area contributed by atoms with Gasteiger partial charge >= 0.3 is 12.1 Å². The first kappa shape index (κ1) is 22.0. The SMILES string of the molecule is C=CC(CO)NC(=O)C(CC(=O)O)NC(=O)OCC1c2ccccc2-c2ccccc21. The van der Waals surface area contributed by atoms with Crippen LogP contribution in [0.15, 0.2) is 61.2 Å². The number of rotatable bonds is 9. The maximum Gasteiger partial charge on any atom is 0.407 e. The van der Waals surface area contributed by atoms with Crippen LogP contribution >= 0.6 is 0 Å². The molecule has 1 aliphatic rings. The summed E-state index contributed by atoms with van der Waals surface area (Å²) < 4.78 is 5.37. The summed E-state index contributed by atoms with van der Waals surface area (Å²) >= 11 is 0. The Bertz CT molecular complexity index is 944. The van der Waals surface area contributed by atoms with Crippen LogP contribution in [0.3, 0.4) is 0 Å². The Kier molecular flexibility index (Phi) is 7.04. The average molecular weight is 424 g/mol. The van der Waals surface area contributed by atoms with Crippen molar-refractivity contribution in [1.82, 2.24) is 10.6 Å². The molecule has 0 aromatic heterocycles. The predicted octanol–water partition coefficient (Wildman–Crippen LogP) is 2.03. The first-order chi connectivity index (χ1) is 14.9. The number of carbonyl (C=O) groups is 3. The molecule has 0 aliphatic heterocycles. The van der Waals surface area contributed by atoms with Gasteiger partial charge in [-0.15, -0.1) is 6.58 Å². The third kappa shape index (κ3) is 5.10. The molecule has 2 aromatic rings. The Labute approximate surface area is 179 Å². The Morgan fingerprint density at radius 1 is 1.03 bits per heavy atom. The van der Waals surface area contributed by atoms with Crippen molar-refractivity contribution < 1.29 is 29.3 Å². The third-order valence-corrected chi connectivity index (χ3v) is 5.14. The van der Waals surface area contributed by atoms with Gasteiger partial charge in [0.05, 0.1) is 19.1 Å². The number of hydrogen-bond donors (Lipinski definition) is 4. The van der Waals surface area contributed by atoms with E-state index in [1.807, 2.05) is 48.5 Å². The van der Waals surface area contributed by atoms with Crippen molar-refractivity contribution in [2.45, 2.75) is 24.4 Å². The lowest BCUT2D eigenvalue weighted by molar-refractivity contribution is -0.140. The van der Waals surface area contributed by atoms with Crippen molar-refractivity contribution in [3.05, 3.63) is 72.3 Å². The highest BCUT2D eigenvalue weighted by atomic mass is 16.5. The zero-order valence-corrected chi connectivity index (χ0v) is 16.8. The lowest BCUT2D eigenvalue weighted by Gasteiger charge is -2.20. The molecule has 4 N–H and O–H groups in total. The van der Waals surface area contributed by atoms with Gasteiger partial charge in [0.1, 0.15) is 12.6 Å². The molecule has 8 heteroatoms. The molecule has 1 aliphatic carbocycles. The van der Waals surface area contributed by atoms with Crippen LogP contribution < -0.4 is 10.6 Å². The molecule has 2 unspecified atom stereocenters. The van der Waals surface area contributed by atoms with Crippen LogP contribution in [-0.4, -0.2) is 53.5 Å². The van der Waals surface area contributed by atoms with Crippen LogP contribution in [0.1, 0.15) is 23.5 Å². The van der Waals surface area contributed by atoms with Crippen molar-refractivity contribution >= 4 is 18.0 Å². The number of nitrogens with one attached hydrogen (secondary N) is 2. The number of alkyl carbamates (subject to hydrolysis) is 1. The van der Waals surface area contributed by atoms with Gasteiger partial charge in [0.15, 0.2) is 0 Å². The molecule has 8 nitrogen and oxygen atoms in total. The molecule has 2 aromatic carbocycles. The number of carboxylic acids is 1. The van der Waals surface area contributed by atoms with Crippen molar-refractivity contribution in [3.8, 4) is 11.1 Å². The van der Waals surface area contributed by atoms with E-state index in [1.54, 1.807) is 0 Å². The summed E-state index contributed by atoms with van der Waals surface area (Å²) in [6.45, 7) is 3.11. The fraction of sp³-hybridized carbons (Fsp3) is 0.261. The summed E-state index contributed by atoms with van der Waals surface area (Å²) in [6, 6.07) is 13.6. The topological polar surface area (TPSA) is 125 Å². The van der Waals surface area contributed by atoms with Gasteiger partial charge in [-0.25, -0.2) is 4.79 Å². The van der Waals surface area contributed by atoms with Crippen LogP contribution in [0.25, 0.3) is 11.1 Å². The minimum absolute atomic E-state index is 0.0349. The molecule has 0 heterocycles. The molecule has 3 rings (SSSR count). The maximum atomic E-state index is 12.4. The van der Waals surface area contributed by atoms with Crippen molar-refractivity contribution in [2.24, 2.45) is 0 Å². The Morgan fingerprint density at radius 3 is 2.13 bits per heavy atom. The van der Waals surface area contributed by atoms with Crippen LogP contribution in [0.5, 0.6) is 0 Å². The Morgan fingerprint density at radius 2 is 1.61 bits per heavy atom. The standard InChI is InChI=1S/C23H24N2O6/c1-2-14(12-26)24-22(29)20(11-21(27)28)25-23(30)31-13-19-17-9-5-3-7-15(17)16-8-4-6-10-18(16)19/h2-10,14,19-20,26H,1,11-13H2,(H,24,29)(H,25,30)(H,27,28). The van der Waals surface area contributed by atoms with Crippen LogP contribution in [0, 0.1) is 0 Å². The largest absolute Gasteiger partial charge is 0.481 e. The molecule has 162 valence electrons. The number of fused-ring (bicyclic) bond motifs is 3. The molecule has 2 atom stereocenters. The highest BCUT2D eigenvalue weighted by Gasteiger charge is 2.30. The summed E-state index contributed by atoms with van der Waals surface area (Å²) in [6.07, 6.45) is -0.226. The monoisotopic (exact) mass is 424 g/mol. The summed E-state index contributed by atoms with van der Waals surface area (Å²) in [5, 5.41) is 23.0. The number of aliphatic carboxylic acids is 1. The number of carboxylic acid groups (broad SMARTS) is 1. The normalized spacial score (nSPS) is 14.0. The van der Waals surface area contributed by atoms with Gasteiger partial charge in [0, 0.05) is 5.92 Å². The minimum Gasteiger partial charge on any atom is -0.481 e. The predicted molar refractivity (Wildman–Crippen MR) is 113 cm³/mol. The number of amides is 2. The molecule has 0 spiro atoms. The summed E-state index contributed by atoms with van der Waals surface area (Å²) in [4.78, 5) is 35.8. The van der Waals surface area contributed by atoms with E-state index in [-0.39, 0.29) is 12.5 Å². The smallest absolute Gasteiger partial charge is 0.407 e. The van der Waals surface area contributed by atoms with Gasteiger partial charge in [0.25, 0.3) is 0 Å². The zero-order valence-electron chi connectivity index (χ0n) is 16.8. The molecule has 2 amide bonds. The van der Waals surface area contributed by atoms with Crippen LogP contribution in [-0.2, 0) is 14.3 Å². The number of aliphatic hydroxyl groups is 1. The van der Waals surface area contributed by atoms with Gasteiger partial charge in [-0.2, -0.15) is 0 Å². The van der Waals surface area contributed by atoms with Crippen LogP contribution in [0.4, 0.5) is 4.79 Å². The first-order valence-electron chi connectivity index (χ1n) is 9.81. The van der Waals surface area contributed by atoms with E-state index in [9.17, 15) is 19.5 Å². The zero-order chi connectivity index (χ0) is 22.4. The Balaban J connectivity index is 1.67. The lowest BCUT2D eigenvalue weighted by atomic mass is 9.98. The molecule has 0 radical (unpaired) electrons. The molecule has 0 saturated carbocycles. The quantitative estimate of drug-likeness (QED) is 0.457. The summed E-state index contributed by atoms with van der Waals surface area (Å²) in [5.74, 6) is -2.18. The van der Waals surface area contributed by atoms with Gasteiger partial charge in [-0.05, 0) is 22.3 Å². The number of ether oxygens (including phenoxy) is 1. The number of benzene rings is 2. The first-order valence-corrected chi connectivity index (χ1v) is 9.81. The van der Waals surface area contributed by atoms with E-state index >= 15 is 0 Å². The summed E-state index contributed by atoms with van der Waals surface area (Å²) in [5.41, 5.74) is 4.23. The van der Waals surface area contributed by atoms with E-state index in [4.69, 9.17) is 9.84 Å². The average Bonchev–Trinajstić information content (AvgIpc) is 3.09. The van der Waals surface area contributed by atoms with Gasteiger partial charge in [-0.3, -0.25) is 9.59 Å². The van der Waals surface area contributed by atoms with E-state index in [1.165, 1.54) is 6.08 Å². The second-order valence-electron chi connectivity index (χ2n) is 7.15. The molecular weight excluding hydrogens is 400 g/mol. The number of aliphatic hydroxyl groups excluding tert-OH is 1. The molecule has 0 saturated heterocycles. The highest BCUT2D eigenvalue weighted by Crippen LogP contribution is 2.44. The van der Waals surface area contributed by atoms with Crippen molar-refractivity contribution in [1.29, 1.82) is 0 Å². The highest BCUT2D eigenvalue weighted by molar-refractivity contribution is 5.89. The molecular formula is C23H24N2O6. The van der Waals surface area contributed by atoms with E-state index in [2.05, 4.69) is 17.2 Å². The molecule has 0 fully saturated rings. The van der Waals surface area contributed by atoms with E-state index in [0.29, 0.717) is 0 Å². The Hall–Kier alpha value is -3.65. The van der Waals surface area contributed by atoms with E-state index < -0.39 is 43.1 Å². The second kappa shape index (κ2) is 9.90. The lowest BCUT2D eigenvalue weighted by Crippen LogP contribution is -2.51. The fourth-order valence-corrected chi connectivity index (χ4v) is 3.63. The van der Waals surface area contributed by atoms with Crippen LogP contribution in [0.2, 0.25) is 0 Å². The van der Waals surface area contributed by atoms with Crippen molar-refractivity contribution in [3.63, 3.8) is 0 Å². The summed E-state index contributed by atoms with van der Waals surface area (Å²) in [7, 11) is 0. The van der Waals surface area contributed by atoms with Gasteiger partial charge < -0.3 is 25.6 Å². The fourth-order valence-electron chi connectivity index (χ4n) is 3.63. The van der Waals surface area contributed by atoms with Gasteiger partial charge in [-0.1, -0.05) is 54.6 Å². The number of carbonyl (C=O) groups excluding carboxylic acids is 2. The molecule has 0 bridgehead atoms. The van der Waals surface area contributed by atoms with E-state index in [0.717, 1.165) is 22.3 Å². The number of hydrogen-bond acceptors (Lipinski definition) is 5. The van der Waals surface area contributed by atoms with Crippen molar-refractivity contribution in [2.75, 3.05) is 13.2 Å². The minimum atomic E-state index is -1.36. The van der Waals surface area contributed by atoms with Gasteiger partial charge in [0.2, 0.25) is 5.91 Å².